The minimum absolute atomic E-state index is 0.0195. The Morgan fingerprint density at radius 1 is 1.12 bits per heavy atom. The molecule has 2 aromatic rings. The number of hydrogen-bond acceptors (Lipinski definition) is 8. The fourth-order valence-corrected chi connectivity index (χ4v) is 6.09. The number of Topliss-reactive ketones (excluding diaryl/α,β-unsaturated/α-hetero) is 1. The standard InChI is InChI=1S/C27H34N4O8S/c1-18(2)15-21(29-26(33)19-9-10-23-24(16-19)39-14-6-13-38-23)27(34)28-20-7-5-11-30(17-22(20)32)40(36,37)25-8-3-4-12-31(25)35/h3-4,8-10,12,16,18,20-21H,5-7,11,13-15,17H2,1-2H3,(H,28,34)(H,29,33)/t20?,21-/m0/s1. The highest BCUT2D eigenvalue weighted by Gasteiger charge is 2.37. The number of pyridine rings is 1. The normalized spacial score (nSPS) is 18.9. The van der Waals surface area contributed by atoms with E-state index in [2.05, 4.69) is 10.6 Å². The van der Waals surface area contributed by atoms with E-state index in [0.29, 0.717) is 43.1 Å². The van der Waals surface area contributed by atoms with E-state index in [9.17, 15) is 28.0 Å². The lowest BCUT2D eigenvalue weighted by atomic mass is 10.0. The number of hydrogen-bond donors (Lipinski definition) is 2. The van der Waals surface area contributed by atoms with Crippen LogP contribution in [-0.2, 0) is 19.6 Å². The molecule has 0 spiro atoms. The average Bonchev–Trinajstić information content (AvgIpc) is 3.26. The first-order valence-corrected chi connectivity index (χ1v) is 14.7. The van der Waals surface area contributed by atoms with E-state index in [1.54, 1.807) is 18.2 Å². The van der Waals surface area contributed by atoms with Crippen LogP contribution in [0, 0.1) is 11.1 Å². The van der Waals surface area contributed by atoms with E-state index in [-0.39, 0.29) is 23.6 Å². The van der Waals surface area contributed by atoms with Crippen LogP contribution in [0.1, 0.15) is 49.9 Å². The van der Waals surface area contributed by atoms with Crippen molar-refractivity contribution in [3.8, 4) is 11.5 Å². The Morgan fingerprint density at radius 3 is 2.60 bits per heavy atom. The number of benzene rings is 1. The number of sulfonamides is 1. The van der Waals surface area contributed by atoms with Crippen molar-refractivity contribution in [1.29, 1.82) is 0 Å². The van der Waals surface area contributed by atoms with Gasteiger partial charge in [0, 0.05) is 30.7 Å². The van der Waals surface area contributed by atoms with Crippen LogP contribution in [0.25, 0.3) is 0 Å². The van der Waals surface area contributed by atoms with Gasteiger partial charge in [0.25, 0.3) is 5.91 Å². The second kappa shape index (κ2) is 12.6. The first kappa shape index (κ1) is 29.3. The van der Waals surface area contributed by atoms with Gasteiger partial charge in [0.1, 0.15) is 6.04 Å². The molecule has 12 nitrogen and oxygen atoms in total. The van der Waals surface area contributed by atoms with Crippen molar-refractivity contribution in [1.82, 2.24) is 14.9 Å². The number of ketones is 1. The SMILES string of the molecule is CC(C)C[C@H](NC(=O)c1ccc2c(c1)OCCCO2)C(=O)NC1CCCN(S(=O)(=O)c2cccc[n+]2[O-])CC1=O. The third-order valence-electron chi connectivity index (χ3n) is 6.67. The molecular weight excluding hydrogens is 540 g/mol. The molecule has 2 aliphatic heterocycles. The van der Waals surface area contributed by atoms with Crippen molar-refractivity contribution in [2.75, 3.05) is 26.3 Å². The van der Waals surface area contributed by atoms with E-state index in [0.717, 1.165) is 16.9 Å². The molecule has 1 aromatic carbocycles. The molecule has 40 heavy (non-hydrogen) atoms. The molecule has 0 saturated carbocycles. The molecule has 3 heterocycles. The van der Waals surface area contributed by atoms with Gasteiger partial charge >= 0.3 is 15.0 Å². The third-order valence-corrected chi connectivity index (χ3v) is 8.51. The van der Waals surface area contributed by atoms with Crippen LogP contribution in [0.5, 0.6) is 11.5 Å². The van der Waals surface area contributed by atoms with Gasteiger partial charge in [0.15, 0.2) is 23.5 Å². The van der Waals surface area contributed by atoms with Crippen molar-refractivity contribution in [3.63, 3.8) is 0 Å². The summed E-state index contributed by atoms with van der Waals surface area (Å²) >= 11 is 0. The van der Waals surface area contributed by atoms with Gasteiger partial charge in [-0.3, -0.25) is 14.4 Å². The molecule has 4 rings (SSSR count). The Hall–Kier alpha value is -3.71. The molecule has 2 atom stereocenters. The Kier molecular flexibility index (Phi) is 9.25. The molecular formula is C27H34N4O8S. The van der Waals surface area contributed by atoms with Gasteiger partial charge in [-0.25, -0.2) is 8.42 Å². The molecule has 0 aliphatic carbocycles. The van der Waals surface area contributed by atoms with Gasteiger partial charge < -0.3 is 25.3 Å². The molecule has 1 unspecified atom stereocenters. The molecule has 0 bridgehead atoms. The minimum Gasteiger partial charge on any atom is -0.618 e. The quantitative estimate of drug-likeness (QED) is 0.351. The first-order valence-electron chi connectivity index (χ1n) is 13.3. The number of ether oxygens (including phenoxy) is 2. The lowest BCUT2D eigenvalue weighted by molar-refractivity contribution is -0.646. The number of fused-ring (bicyclic) bond motifs is 1. The predicted molar refractivity (Wildman–Crippen MR) is 143 cm³/mol. The van der Waals surface area contributed by atoms with Crippen molar-refractivity contribution in [2.24, 2.45) is 5.92 Å². The van der Waals surface area contributed by atoms with Gasteiger partial charge in [-0.2, -0.15) is 9.04 Å². The van der Waals surface area contributed by atoms with Crippen LogP contribution in [0.3, 0.4) is 0 Å². The van der Waals surface area contributed by atoms with Crippen molar-refractivity contribution in [2.45, 2.75) is 56.6 Å². The van der Waals surface area contributed by atoms with Crippen molar-refractivity contribution >= 4 is 27.6 Å². The van der Waals surface area contributed by atoms with Crippen molar-refractivity contribution in [3.05, 3.63) is 53.4 Å². The highest BCUT2D eigenvalue weighted by molar-refractivity contribution is 7.89. The largest absolute Gasteiger partial charge is 0.618 e. The summed E-state index contributed by atoms with van der Waals surface area (Å²) in [6, 6.07) is 6.97. The van der Waals surface area contributed by atoms with E-state index < -0.39 is 51.3 Å². The maximum atomic E-state index is 13.3. The maximum Gasteiger partial charge on any atom is 0.323 e. The lowest BCUT2D eigenvalue weighted by Crippen LogP contribution is -2.52. The summed E-state index contributed by atoms with van der Waals surface area (Å²) in [7, 11) is -4.21. The molecule has 216 valence electrons. The summed E-state index contributed by atoms with van der Waals surface area (Å²) in [4.78, 5) is 39.4. The smallest absolute Gasteiger partial charge is 0.323 e. The predicted octanol–water partition coefficient (Wildman–Crippen LogP) is 1.16. The van der Waals surface area contributed by atoms with E-state index in [1.807, 2.05) is 13.8 Å². The van der Waals surface area contributed by atoms with Gasteiger partial charge in [-0.05, 0) is 49.4 Å². The number of rotatable bonds is 8. The van der Waals surface area contributed by atoms with Crippen LogP contribution in [0.15, 0.2) is 47.6 Å². The number of nitrogens with one attached hydrogen (secondary N) is 2. The summed E-state index contributed by atoms with van der Waals surface area (Å²) in [5, 5.41) is 17.1. The fraction of sp³-hybridized carbons (Fsp3) is 0.481. The number of amides is 2. The minimum atomic E-state index is -4.21. The number of carbonyl (C=O) groups excluding carboxylic acids is 3. The zero-order valence-electron chi connectivity index (χ0n) is 22.5. The highest BCUT2D eigenvalue weighted by atomic mass is 32.2. The lowest BCUT2D eigenvalue weighted by Gasteiger charge is -2.23. The van der Waals surface area contributed by atoms with Crippen LogP contribution in [0.4, 0.5) is 0 Å². The zero-order chi connectivity index (χ0) is 28.9. The van der Waals surface area contributed by atoms with Gasteiger partial charge in [0.05, 0.1) is 25.8 Å². The monoisotopic (exact) mass is 574 g/mol. The summed E-state index contributed by atoms with van der Waals surface area (Å²) < 4.78 is 38.5. The number of nitrogens with zero attached hydrogens (tertiary/aromatic N) is 2. The topological polar surface area (TPSA) is 158 Å². The van der Waals surface area contributed by atoms with Gasteiger partial charge in [-0.1, -0.05) is 13.8 Å². The molecule has 13 heteroatoms. The van der Waals surface area contributed by atoms with E-state index >= 15 is 0 Å². The molecule has 1 saturated heterocycles. The number of carbonyl (C=O) groups is 3. The molecule has 2 amide bonds. The number of aromatic nitrogens is 1. The Bertz CT molecular complexity index is 1360. The Labute approximate surface area is 233 Å². The third kappa shape index (κ3) is 6.89. The molecule has 0 radical (unpaired) electrons. The summed E-state index contributed by atoms with van der Waals surface area (Å²) in [5.41, 5.74) is 0.300. The van der Waals surface area contributed by atoms with Crippen LogP contribution < -0.4 is 24.8 Å². The molecule has 1 aromatic heterocycles. The molecule has 2 N–H and O–H groups in total. The second-order valence-corrected chi connectivity index (χ2v) is 12.1. The highest BCUT2D eigenvalue weighted by Crippen LogP contribution is 2.30. The van der Waals surface area contributed by atoms with E-state index in [1.165, 1.54) is 18.2 Å². The van der Waals surface area contributed by atoms with E-state index in [4.69, 9.17) is 9.47 Å². The van der Waals surface area contributed by atoms with Crippen LogP contribution in [0.2, 0.25) is 0 Å². The Morgan fingerprint density at radius 2 is 1.88 bits per heavy atom. The Balaban J connectivity index is 1.44. The van der Waals surface area contributed by atoms with Gasteiger partial charge in [0.2, 0.25) is 5.91 Å². The summed E-state index contributed by atoms with van der Waals surface area (Å²) in [6.07, 6.45) is 2.63. The maximum absolute atomic E-state index is 13.3. The molecule has 1 fully saturated rings. The first-order chi connectivity index (χ1) is 19.1. The average molecular weight is 575 g/mol. The summed E-state index contributed by atoms with van der Waals surface area (Å²) in [6.45, 7) is 4.33. The van der Waals surface area contributed by atoms with Crippen LogP contribution >= 0.6 is 0 Å². The zero-order valence-corrected chi connectivity index (χ0v) is 23.3. The van der Waals surface area contributed by atoms with Gasteiger partial charge in [-0.15, -0.1) is 0 Å². The fourth-order valence-electron chi connectivity index (χ4n) is 4.62. The molecule has 2 aliphatic rings. The summed E-state index contributed by atoms with van der Waals surface area (Å²) in [5.74, 6) is -0.459. The second-order valence-electron chi connectivity index (χ2n) is 10.2. The van der Waals surface area contributed by atoms with Crippen molar-refractivity contribution < 1.29 is 37.0 Å². The van der Waals surface area contributed by atoms with Crippen LogP contribution in [-0.4, -0.2) is 68.7 Å².